The summed E-state index contributed by atoms with van der Waals surface area (Å²) in [5, 5.41) is 12.7. The van der Waals surface area contributed by atoms with Crippen LogP contribution in [0, 0.1) is 10.1 Å². The van der Waals surface area contributed by atoms with Crippen LogP contribution >= 0.6 is 34.8 Å². The molecule has 1 aliphatic heterocycles. The molecule has 3 aromatic rings. The van der Waals surface area contributed by atoms with Crippen molar-refractivity contribution in [1.82, 2.24) is 9.47 Å². The van der Waals surface area contributed by atoms with Crippen molar-refractivity contribution in [3.63, 3.8) is 0 Å². The van der Waals surface area contributed by atoms with Gasteiger partial charge in [-0.2, -0.15) is 0 Å². The number of aromatic nitrogens is 1. The largest absolute Gasteiger partial charge is 0.350 e. The number of halogens is 3. The van der Waals surface area contributed by atoms with Crippen molar-refractivity contribution in [2.75, 3.05) is 6.54 Å². The average molecular weight is 451 g/mol. The highest BCUT2D eigenvalue weighted by molar-refractivity contribution is 6.42. The maximum absolute atomic E-state index is 11.2. The molecule has 0 bridgehead atoms. The topological polar surface area (TPSA) is 51.3 Å². The summed E-state index contributed by atoms with van der Waals surface area (Å²) < 4.78 is 2.24. The number of fused-ring (bicyclic) bond motifs is 1. The van der Waals surface area contributed by atoms with Gasteiger partial charge in [0.15, 0.2) is 0 Å². The summed E-state index contributed by atoms with van der Waals surface area (Å²) >= 11 is 18.8. The Hall–Kier alpha value is -2.05. The van der Waals surface area contributed by atoms with Crippen LogP contribution in [0.1, 0.15) is 29.3 Å². The lowest BCUT2D eigenvalue weighted by Gasteiger charge is -2.31. The minimum atomic E-state index is -0.399. The molecule has 8 heteroatoms. The molecular formula is C21H18Cl3N3O2. The van der Waals surface area contributed by atoms with E-state index in [0.29, 0.717) is 21.6 Å². The van der Waals surface area contributed by atoms with Gasteiger partial charge in [-0.25, -0.2) is 0 Å². The molecular weight excluding hydrogens is 433 g/mol. The maximum Gasteiger partial charge on any atom is 0.269 e. The van der Waals surface area contributed by atoms with Crippen molar-refractivity contribution in [3.8, 4) is 0 Å². The van der Waals surface area contributed by atoms with Crippen LogP contribution in [0.15, 0.2) is 54.7 Å². The van der Waals surface area contributed by atoms with E-state index in [1.807, 2.05) is 18.2 Å². The third-order valence-corrected chi connectivity index (χ3v) is 6.33. The van der Waals surface area contributed by atoms with E-state index < -0.39 is 4.92 Å². The Morgan fingerprint density at radius 3 is 2.55 bits per heavy atom. The van der Waals surface area contributed by atoms with Crippen LogP contribution < -0.4 is 0 Å². The van der Waals surface area contributed by atoms with Crippen LogP contribution in [0.3, 0.4) is 0 Å². The van der Waals surface area contributed by atoms with E-state index in [1.165, 1.54) is 6.07 Å². The zero-order valence-corrected chi connectivity index (χ0v) is 17.7. The highest BCUT2D eigenvalue weighted by atomic mass is 35.5. The van der Waals surface area contributed by atoms with Crippen molar-refractivity contribution < 1.29 is 4.92 Å². The molecule has 0 amide bonds. The van der Waals surface area contributed by atoms with Crippen molar-refractivity contribution >= 4 is 40.5 Å². The summed E-state index contributed by atoms with van der Waals surface area (Å²) in [7, 11) is 0. The van der Waals surface area contributed by atoms with Gasteiger partial charge in [-0.05, 0) is 47.9 Å². The van der Waals surface area contributed by atoms with Gasteiger partial charge < -0.3 is 4.57 Å². The first-order valence-electron chi connectivity index (χ1n) is 9.21. The molecule has 29 heavy (non-hydrogen) atoms. The minimum Gasteiger partial charge on any atom is -0.350 e. The number of nitro groups is 1. The molecule has 2 aromatic carbocycles. The number of benzene rings is 2. The number of hydrogen-bond acceptors (Lipinski definition) is 3. The number of rotatable bonds is 4. The number of nitro benzene ring substituents is 1. The molecule has 2 heterocycles. The fraction of sp³-hybridized carbons (Fsp3) is 0.238. The molecule has 0 spiro atoms. The van der Waals surface area contributed by atoms with Crippen LogP contribution in [0.25, 0.3) is 0 Å². The molecule has 0 N–H and O–H groups in total. The van der Waals surface area contributed by atoms with Gasteiger partial charge in [0.1, 0.15) is 0 Å². The van der Waals surface area contributed by atoms with Crippen molar-refractivity contribution in [2.45, 2.75) is 25.6 Å². The molecule has 0 fully saturated rings. The molecule has 150 valence electrons. The first-order valence-corrected chi connectivity index (χ1v) is 10.3. The SMILES string of the molecule is O=[N+]([O-])c1ccc(Cl)c(CN2CCCn3cccc3[C@H]2c2ccc(Cl)c(Cl)c2)c1. The molecule has 1 aliphatic rings. The monoisotopic (exact) mass is 449 g/mol. The van der Waals surface area contributed by atoms with E-state index in [4.69, 9.17) is 34.8 Å². The van der Waals surface area contributed by atoms with E-state index in [2.05, 4.69) is 21.7 Å². The van der Waals surface area contributed by atoms with Gasteiger partial charge >= 0.3 is 0 Å². The van der Waals surface area contributed by atoms with E-state index in [1.54, 1.807) is 18.2 Å². The second-order valence-corrected chi connectivity index (χ2v) is 8.28. The Morgan fingerprint density at radius 2 is 1.79 bits per heavy atom. The number of aryl methyl sites for hydroxylation is 1. The van der Waals surface area contributed by atoms with Gasteiger partial charge in [0, 0.05) is 48.7 Å². The zero-order chi connectivity index (χ0) is 20.5. The van der Waals surface area contributed by atoms with Crippen molar-refractivity contribution in [2.24, 2.45) is 0 Å². The van der Waals surface area contributed by atoms with Gasteiger partial charge in [0.2, 0.25) is 0 Å². The van der Waals surface area contributed by atoms with Crippen molar-refractivity contribution in [1.29, 1.82) is 0 Å². The number of nitrogens with zero attached hydrogens (tertiary/aromatic N) is 3. The molecule has 0 saturated heterocycles. The second kappa shape index (κ2) is 8.36. The quantitative estimate of drug-likeness (QED) is 0.344. The van der Waals surface area contributed by atoms with E-state index in [-0.39, 0.29) is 11.7 Å². The summed E-state index contributed by atoms with van der Waals surface area (Å²) in [6.45, 7) is 2.20. The summed E-state index contributed by atoms with van der Waals surface area (Å²) in [5.74, 6) is 0. The lowest BCUT2D eigenvalue weighted by atomic mass is 10.0. The Kier molecular flexibility index (Phi) is 5.83. The zero-order valence-electron chi connectivity index (χ0n) is 15.4. The average Bonchev–Trinajstić information content (AvgIpc) is 3.07. The van der Waals surface area contributed by atoms with Crippen LogP contribution in [-0.2, 0) is 13.1 Å². The maximum atomic E-state index is 11.2. The van der Waals surface area contributed by atoms with E-state index in [9.17, 15) is 10.1 Å². The smallest absolute Gasteiger partial charge is 0.269 e. The highest BCUT2D eigenvalue weighted by Gasteiger charge is 2.28. The fourth-order valence-corrected chi connectivity index (χ4v) is 4.37. The minimum absolute atomic E-state index is 0.0358. The molecule has 0 radical (unpaired) electrons. The van der Waals surface area contributed by atoms with Gasteiger partial charge in [-0.3, -0.25) is 15.0 Å². The normalized spacial score (nSPS) is 17.0. The van der Waals surface area contributed by atoms with Crippen LogP contribution in [0.4, 0.5) is 5.69 Å². The number of hydrogen-bond donors (Lipinski definition) is 0. The summed E-state index contributed by atoms with van der Waals surface area (Å²) in [5.41, 5.74) is 2.92. The lowest BCUT2D eigenvalue weighted by molar-refractivity contribution is -0.384. The summed E-state index contributed by atoms with van der Waals surface area (Å²) in [6, 6.07) is 14.3. The third-order valence-electron chi connectivity index (χ3n) is 5.23. The molecule has 4 rings (SSSR count). The Labute approximate surface area is 183 Å². The molecule has 0 unspecified atom stereocenters. The summed E-state index contributed by atoms with van der Waals surface area (Å²) in [6.07, 6.45) is 3.02. The fourth-order valence-electron chi connectivity index (χ4n) is 3.89. The molecule has 0 saturated carbocycles. The van der Waals surface area contributed by atoms with E-state index in [0.717, 1.165) is 36.3 Å². The lowest BCUT2D eigenvalue weighted by Crippen LogP contribution is -2.29. The number of non-ortho nitro benzene ring substituents is 1. The molecule has 0 aliphatic carbocycles. The van der Waals surface area contributed by atoms with Gasteiger partial charge in [0.05, 0.1) is 21.0 Å². The first kappa shape index (κ1) is 20.2. The predicted molar refractivity (Wildman–Crippen MR) is 116 cm³/mol. The van der Waals surface area contributed by atoms with Gasteiger partial charge in [0.25, 0.3) is 5.69 Å². The van der Waals surface area contributed by atoms with Crippen LogP contribution in [0.5, 0.6) is 0 Å². The molecule has 1 aromatic heterocycles. The standard InChI is InChI=1S/C21H18Cl3N3O2/c22-17-7-5-16(27(28)29)11-15(17)13-26-10-2-9-25-8-1-3-20(25)21(26)14-4-6-18(23)19(24)12-14/h1,3-8,11-12,21H,2,9-10,13H2/t21-/m1/s1. The Morgan fingerprint density at radius 1 is 1.00 bits per heavy atom. The molecule has 1 atom stereocenters. The molecule has 5 nitrogen and oxygen atoms in total. The third kappa shape index (κ3) is 4.14. The van der Waals surface area contributed by atoms with Crippen molar-refractivity contribution in [3.05, 3.63) is 96.7 Å². The van der Waals surface area contributed by atoms with Crippen LogP contribution in [0.2, 0.25) is 15.1 Å². The Bertz CT molecular complexity index is 1070. The first-order chi connectivity index (χ1) is 13.9. The van der Waals surface area contributed by atoms with Gasteiger partial charge in [-0.1, -0.05) is 40.9 Å². The summed E-state index contributed by atoms with van der Waals surface area (Å²) in [4.78, 5) is 13.1. The van der Waals surface area contributed by atoms with Gasteiger partial charge in [-0.15, -0.1) is 0 Å². The predicted octanol–water partition coefficient (Wildman–Crippen LogP) is 6.35. The van der Waals surface area contributed by atoms with E-state index >= 15 is 0 Å². The highest BCUT2D eigenvalue weighted by Crippen LogP contribution is 2.36. The Balaban J connectivity index is 1.77. The van der Waals surface area contributed by atoms with Crippen LogP contribution in [-0.4, -0.2) is 20.9 Å². The second-order valence-electron chi connectivity index (χ2n) is 7.06.